The maximum absolute atomic E-state index is 12.6. The number of benzene rings is 1. The number of fused-ring (bicyclic) bond motifs is 1. The molecule has 2 N–H and O–H groups in total. The highest BCUT2D eigenvalue weighted by Crippen LogP contribution is 2.18. The lowest BCUT2D eigenvalue weighted by molar-refractivity contribution is -0.135. The molecule has 3 rings (SSSR count). The van der Waals surface area contributed by atoms with Gasteiger partial charge in [0.05, 0.1) is 17.6 Å². The number of hydrogen-bond donors (Lipinski definition) is 2. The van der Waals surface area contributed by atoms with Crippen LogP contribution in [0.2, 0.25) is 0 Å². The van der Waals surface area contributed by atoms with E-state index in [1.807, 2.05) is 18.7 Å². The molecule has 7 heteroatoms. The predicted molar refractivity (Wildman–Crippen MR) is 110 cm³/mol. The summed E-state index contributed by atoms with van der Waals surface area (Å²) < 4.78 is 0. The number of aryl methyl sites for hydroxylation is 2. The van der Waals surface area contributed by atoms with Gasteiger partial charge in [0.2, 0.25) is 5.91 Å². The molecule has 152 valence electrons. The van der Waals surface area contributed by atoms with Crippen LogP contribution in [-0.2, 0) is 11.3 Å². The van der Waals surface area contributed by atoms with Crippen molar-refractivity contribution in [2.45, 2.75) is 53.1 Å². The summed E-state index contributed by atoms with van der Waals surface area (Å²) in [6.45, 7) is 9.73. The Kier molecular flexibility index (Phi) is 5.91. The molecule has 1 saturated heterocycles. The van der Waals surface area contributed by atoms with Crippen molar-refractivity contribution in [3.05, 3.63) is 29.1 Å². The lowest BCUT2D eigenvalue weighted by atomic mass is 10.0. The van der Waals surface area contributed by atoms with Crippen LogP contribution >= 0.6 is 0 Å². The van der Waals surface area contributed by atoms with Crippen LogP contribution in [0.15, 0.2) is 12.1 Å². The third-order valence-electron chi connectivity index (χ3n) is 5.43. The van der Waals surface area contributed by atoms with E-state index < -0.39 is 0 Å². The Morgan fingerprint density at radius 1 is 1.32 bits per heavy atom. The van der Waals surface area contributed by atoms with E-state index in [-0.39, 0.29) is 23.9 Å². The lowest BCUT2D eigenvalue weighted by Gasteiger charge is -2.34. The van der Waals surface area contributed by atoms with Crippen LogP contribution in [-0.4, -0.2) is 57.9 Å². The van der Waals surface area contributed by atoms with Crippen molar-refractivity contribution in [3.63, 3.8) is 0 Å². The fourth-order valence-corrected chi connectivity index (χ4v) is 3.64. The van der Waals surface area contributed by atoms with Gasteiger partial charge in [-0.05, 0) is 49.9 Å². The summed E-state index contributed by atoms with van der Waals surface area (Å²) in [5, 5.41) is 3.07. The van der Waals surface area contributed by atoms with Crippen LogP contribution in [0.5, 0.6) is 0 Å². The molecule has 0 spiro atoms. The number of aromatic amines is 1. The molecule has 1 atom stereocenters. The fraction of sp³-hybridized carbons (Fsp3) is 0.571. The lowest BCUT2D eigenvalue weighted by Crippen LogP contribution is -2.52. The maximum Gasteiger partial charge on any atom is 0.317 e. The fourth-order valence-electron chi connectivity index (χ4n) is 3.64. The first-order valence-electron chi connectivity index (χ1n) is 10.0. The first-order chi connectivity index (χ1) is 13.2. The minimum atomic E-state index is -0.142. The van der Waals surface area contributed by atoms with Gasteiger partial charge in [0.25, 0.3) is 0 Å². The number of H-pyrrole nitrogens is 1. The number of nitrogens with zero attached hydrogens (tertiary/aromatic N) is 3. The van der Waals surface area contributed by atoms with E-state index >= 15 is 0 Å². The Morgan fingerprint density at radius 3 is 2.75 bits per heavy atom. The Morgan fingerprint density at radius 2 is 2.04 bits per heavy atom. The predicted octanol–water partition coefficient (Wildman–Crippen LogP) is 2.97. The van der Waals surface area contributed by atoms with Crippen molar-refractivity contribution in [2.24, 2.45) is 5.92 Å². The molecule has 0 bridgehead atoms. The molecular weight excluding hydrogens is 354 g/mol. The van der Waals surface area contributed by atoms with Crippen molar-refractivity contribution >= 4 is 23.0 Å². The Labute approximate surface area is 166 Å². The summed E-state index contributed by atoms with van der Waals surface area (Å²) in [6, 6.07) is 4.00. The standard InChI is InChI=1S/C21H31N5O2/c1-13(2)20(27)26-8-6-7-16(11-26)22-21(28)25(5)12-19-23-17-9-14(3)15(4)10-18(17)24-19/h9-10,13,16H,6-8,11-12H2,1-5H3,(H,22,28)(H,23,24)/t16-/m1/s1. The Hall–Kier alpha value is -2.57. The largest absolute Gasteiger partial charge is 0.340 e. The van der Waals surface area contributed by atoms with Gasteiger partial charge >= 0.3 is 6.03 Å². The number of likely N-dealkylation sites (tertiary alicyclic amines) is 1. The van der Waals surface area contributed by atoms with Crippen molar-refractivity contribution in [2.75, 3.05) is 20.1 Å². The number of urea groups is 1. The highest BCUT2D eigenvalue weighted by Gasteiger charge is 2.26. The van der Waals surface area contributed by atoms with Gasteiger partial charge in [0.15, 0.2) is 0 Å². The van der Waals surface area contributed by atoms with Crippen LogP contribution in [0.4, 0.5) is 4.79 Å². The molecule has 0 radical (unpaired) electrons. The topological polar surface area (TPSA) is 81.3 Å². The van der Waals surface area contributed by atoms with Gasteiger partial charge in [-0.2, -0.15) is 0 Å². The van der Waals surface area contributed by atoms with E-state index in [0.29, 0.717) is 13.1 Å². The van der Waals surface area contributed by atoms with E-state index in [0.717, 1.165) is 36.2 Å². The van der Waals surface area contributed by atoms with Crippen LogP contribution in [0, 0.1) is 19.8 Å². The summed E-state index contributed by atoms with van der Waals surface area (Å²) in [5.74, 6) is 0.899. The second kappa shape index (κ2) is 8.20. The number of hydrogen-bond acceptors (Lipinski definition) is 3. The number of piperidine rings is 1. The van der Waals surface area contributed by atoms with E-state index in [2.05, 4.69) is 41.3 Å². The van der Waals surface area contributed by atoms with Crippen LogP contribution < -0.4 is 5.32 Å². The number of nitrogens with one attached hydrogen (secondary N) is 2. The molecule has 0 saturated carbocycles. The summed E-state index contributed by atoms with van der Waals surface area (Å²) in [4.78, 5) is 36.2. The number of imidazole rings is 1. The van der Waals surface area contributed by atoms with Gasteiger partial charge in [-0.3, -0.25) is 4.79 Å². The minimum absolute atomic E-state index is 0.00706. The van der Waals surface area contributed by atoms with Crippen LogP contribution in [0.25, 0.3) is 11.0 Å². The molecule has 3 amide bonds. The van der Waals surface area contributed by atoms with E-state index in [1.165, 1.54) is 11.1 Å². The third kappa shape index (κ3) is 4.46. The third-order valence-corrected chi connectivity index (χ3v) is 5.43. The summed E-state index contributed by atoms with van der Waals surface area (Å²) in [5.41, 5.74) is 4.32. The van der Waals surface area contributed by atoms with Crippen LogP contribution in [0.1, 0.15) is 43.6 Å². The zero-order valence-corrected chi connectivity index (χ0v) is 17.5. The van der Waals surface area contributed by atoms with Gasteiger partial charge in [-0.15, -0.1) is 0 Å². The average Bonchev–Trinajstić information content (AvgIpc) is 3.02. The maximum atomic E-state index is 12.6. The number of carbonyl (C=O) groups excluding carboxylic acids is 2. The van der Waals surface area contributed by atoms with E-state index in [9.17, 15) is 9.59 Å². The second-order valence-electron chi connectivity index (χ2n) is 8.22. The zero-order chi connectivity index (χ0) is 20.4. The molecule has 0 aliphatic carbocycles. The van der Waals surface area contributed by atoms with Gasteiger partial charge in [-0.25, -0.2) is 9.78 Å². The molecule has 1 aromatic carbocycles. The molecule has 28 heavy (non-hydrogen) atoms. The first kappa shape index (κ1) is 20.2. The van der Waals surface area contributed by atoms with Crippen molar-refractivity contribution in [1.82, 2.24) is 25.1 Å². The smallest absolute Gasteiger partial charge is 0.317 e. The van der Waals surface area contributed by atoms with Gasteiger partial charge in [0.1, 0.15) is 5.82 Å². The molecule has 7 nitrogen and oxygen atoms in total. The van der Waals surface area contributed by atoms with Gasteiger partial charge < -0.3 is 20.1 Å². The van der Waals surface area contributed by atoms with Crippen LogP contribution in [0.3, 0.4) is 0 Å². The summed E-state index contributed by atoms with van der Waals surface area (Å²) in [7, 11) is 1.76. The first-order valence-corrected chi connectivity index (χ1v) is 10.0. The van der Waals surface area contributed by atoms with Gasteiger partial charge in [0, 0.05) is 32.1 Å². The average molecular weight is 386 g/mol. The molecule has 1 fully saturated rings. The molecule has 0 unspecified atom stereocenters. The highest BCUT2D eigenvalue weighted by molar-refractivity contribution is 5.79. The number of aromatic nitrogens is 2. The summed E-state index contributed by atoms with van der Waals surface area (Å²) in [6.07, 6.45) is 1.81. The zero-order valence-electron chi connectivity index (χ0n) is 17.5. The molecule has 1 aliphatic rings. The normalized spacial score (nSPS) is 17.2. The number of amides is 3. The van der Waals surface area contributed by atoms with E-state index in [1.54, 1.807) is 11.9 Å². The molecule has 2 heterocycles. The van der Waals surface area contributed by atoms with Crippen molar-refractivity contribution < 1.29 is 9.59 Å². The SMILES string of the molecule is Cc1cc2nc(CN(C)C(=O)N[C@@H]3CCCN(C(=O)C(C)C)C3)[nH]c2cc1C. The number of carbonyl (C=O) groups is 2. The Balaban J connectivity index is 1.59. The Bertz CT molecular complexity index is 834. The molecule has 1 aliphatic heterocycles. The number of rotatable bonds is 4. The molecular formula is C21H31N5O2. The minimum Gasteiger partial charge on any atom is -0.340 e. The van der Waals surface area contributed by atoms with E-state index in [4.69, 9.17) is 0 Å². The summed E-state index contributed by atoms with van der Waals surface area (Å²) >= 11 is 0. The molecule has 2 aromatic rings. The second-order valence-corrected chi connectivity index (χ2v) is 8.22. The van der Waals surface area contributed by atoms with Crippen molar-refractivity contribution in [1.29, 1.82) is 0 Å². The van der Waals surface area contributed by atoms with Gasteiger partial charge in [-0.1, -0.05) is 13.8 Å². The quantitative estimate of drug-likeness (QED) is 0.849. The van der Waals surface area contributed by atoms with Crippen molar-refractivity contribution in [3.8, 4) is 0 Å². The highest BCUT2D eigenvalue weighted by atomic mass is 16.2. The molecule has 1 aromatic heterocycles. The monoisotopic (exact) mass is 385 g/mol.